The lowest BCUT2D eigenvalue weighted by atomic mass is 10.1. The molecule has 92 valence electrons. The van der Waals surface area contributed by atoms with Crippen LogP contribution in [-0.4, -0.2) is 29.7 Å². The molecular weight excluding hydrogens is 238 g/mol. The Morgan fingerprint density at radius 3 is 2.76 bits per heavy atom. The zero-order valence-electron chi connectivity index (χ0n) is 9.92. The fraction of sp³-hybridized carbons (Fsp3) is 0.636. The number of hydrogen-bond acceptors (Lipinski definition) is 4. The van der Waals surface area contributed by atoms with Gasteiger partial charge in [0.05, 0.1) is 17.5 Å². The highest BCUT2D eigenvalue weighted by Gasteiger charge is 2.31. The van der Waals surface area contributed by atoms with Crippen LogP contribution >= 0.6 is 0 Å². The first kappa shape index (κ1) is 12.1. The second-order valence-electron chi connectivity index (χ2n) is 4.72. The van der Waals surface area contributed by atoms with Crippen LogP contribution in [0.15, 0.2) is 6.07 Å². The normalized spacial score (nSPS) is 22.8. The van der Waals surface area contributed by atoms with Gasteiger partial charge in [0.2, 0.25) is 0 Å². The van der Waals surface area contributed by atoms with Crippen LogP contribution in [-0.2, 0) is 9.84 Å². The summed E-state index contributed by atoms with van der Waals surface area (Å²) in [6.45, 7) is 4.02. The summed E-state index contributed by atoms with van der Waals surface area (Å²) < 4.78 is 24.7. The van der Waals surface area contributed by atoms with Gasteiger partial charge in [-0.05, 0) is 18.4 Å². The molecule has 0 saturated carbocycles. The molecule has 5 nitrogen and oxygen atoms in total. The van der Waals surface area contributed by atoms with E-state index >= 15 is 0 Å². The van der Waals surface area contributed by atoms with Gasteiger partial charge in [-0.15, -0.1) is 0 Å². The Kier molecular flexibility index (Phi) is 2.96. The van der Waals surface area contributed by atoms with Gasteiger partial charge in [-0.3, -0.25) is 4.68 Å². The molecule has 0 bridgehead atoms. The van der Waals surface area contributed by atoms with Crippen LogP contribution in [0.4, 0.5) is 0 Å². The molecule has 1 fully saturated rings. The summed E-state index contributed by atoms with van der Waals surface area (Å²) in [5, 5.41) is 13.0. The Morgan fingerprint density at radius 1 is 1.59 bits per heavy atom. The molecule has 1 atom stereocenters. The van der Waals surface area contributed by atoms with Crippen molar-refractivity contribution in [1.29, 1.82) is 5.26 Å². The predicted molar refractivity (Wildman–Crippen MR) is 63.3 cm³/mol. The fourth-order valence-corrected chi connectivity index (χ4v) is 3.85. The van der Waals surface area contributed by atoms with E-state index in [1.165, 1.54) is 0 Å². The molecule has 1 aromatic rings. The van der Waals surface area contributed by atoms with Crippen LogP contribution in [0, 0.1) is 11.3 Å². The van der Waals surface area contributed by atoms with Crippen LogP contribution in [0.5, 0.6) is 0 Å². The third-order valence-corrected chi connectivity index (χ3v) is 4.78. The van der Waals surface area contributed by atoms with Crippen LogP contribution in [0.3, 0.4) is 0 Å². The highest BCUT2D eigenvalue weighted by atomic mass is 32.2. The van der Waals surface area contributed by atoms with Gasteiger partial charge < -0.3 is 0 Å². The van der Waals surface area contributed by atoms with E-state index in [1.54, 1.807) is 10.7 Å². The number of sulfone groups is 1. The molecule has 1 aromatic heterocycles. The van der Waals surface area contributed by atoms with Crippen molar-refractivity contribution in [3.8, 4) is 6.07 Å². The minimum atomic E-state index is -2.93. The first-order valence-corrected chi connectivity index (χ1v) is 7.45. The standard InChI is InChI=1S/C11H15N3O2S/c1-8(2)11-5-9(6-12)13-14(11)10-3-4-17(15,16)7-10/h5,8,10H,3-4,7H2,1-2H3. The molecule has 0 aliphatic carbocycles. The Bertz CT molecular complexity index is 566. The summed E-state index contributed by atoms with van der Waals surface area (Å²) in [5.74, 6) is 0.587. The monoisotopic (exact) mass is 253 g/mol. The maximum absolute atomic E-state index is 11.5. The van der Waals surface area contributed by atoms with Gasteiger partial charge in [0.1, 0.15) is 6.07 Å². The van der Waals surface area contributed by atoms with E-state index in [2.05, 4.69) is 5.10 Å². The molecule has 1 unspecified atom stereocenters. The van der Waals surface area contributed by atoms with Crippen LogP contribution in [0.25, 0.3) is 0 Å². The zero-order chi connectivity index (χ0) is 12.6. The number of hydrogen-bond donors (Lipinski definition) is 0. The van der Waals surface area contributed by atoms with E-state index in [0.717, 1.165) is 5.69 Å². The van der Waals surface area contributed by atoms with Gasteiger partial charge in [0.15, 0.2) is 15.5 Å². The Hall–Kier alpha value is -1.35. The topological polar surface area (TPSA) is 75.8 Å². The Balaban J connectivity index is 2.39. The number of nitriles is 1. The Labute approximate surface area is 101 Å². The van der Waals surface area contributed by atoms with Crippen molar-refractivity contribution in [2.24, 2.45) is 0 Å². The number of aromatic nitrogens is 2. The molecule has 1 aliphatic heterocycles. The first-order valence-electron chi connectivity index (χ1n) is 5.63. The molecule has 0 spiro atoms. The van der Waals surface area contributed by atoms with Gasteiger partial charge in [-0.2, -0.15) is 10.4 Å². The van der Waals surface area contributed by atoms with E-state index in [9.17, 15) is 8.42 Å². The number of rotatable bonds is 2. The van der Waals surface area contributed by atoms with Crippen LogP contribution in [0.1, 0.15) is 43.6 Å². The average Bonchev–Trinajstić information content (AvgIpc) is 2.80. The van der Waals surface area contributed by atoms with Crippen molar-refractivity contribution >= 4 is 9.84 Å². The smallest absolute Gasteiger partial charge is 0.162 e. The van der Waals surface area contributed by atoms with Crippen molar-refractivity contribution < 1.29 is 8.42 Å². The molecule has 0 radical (unpaired) electrons. The molecule has 2 rings (SSSR count). The molecule has 17 heavy (non-hydrogen) atoms. The van der Waals surface area contributed by atoms with Crippen molar-refractivity contribution in [3.63, 3.8) is 0 Å². The SMILES string of the molecule is CC(C)c1cc(C#N)nn1C1CCS(=O)(=O)C1. The second-order valence-corrected chi connectivity index (χ2v) is 6.95. The van der Waals surface area contributed by atoms with E-state index in [0.29, 0.717) is 12.1 Å². The highest BCUT2D eigenvalue weighted by Crippen LogP contribution is 2.27. The molecule has 0 N–H and O–H groups in total. The van der Waals surface area contributed by atoms with Gasteiger partial charge >= 0.3 is 0 Å². The number of nitrogens with zero attached hydrogens (tertiary/aromatic N) is 3. The molecule has 1 aliphatic rings. The van der Waals surface area contributed by atoms with Crippen molar-refractivity contribution in [3.05, 3.63) is 17.5 Å². The molecule has 0 aromatic carbocycles. The molecule has 6 heteroatoms. The molecule has 2 heterocycles. The van der Waals surface area contributed by atoms with E-state index in [4.69, 9.17) is 5.26 Å². The fourth-order valence-electron chi connectivity index (χ4n) is 2.16. The third kappa shape index (κ3) is 2.34. The van der Waals surface area contributed by atoms with E-state index < -0.39 is 9.84 Å². The quantitative estimate of drug-likeness (QED) is 0.794. The summed E-state index contributed by atoms with van der Waals surface area (Å²) in [6, 6.07) is 3.64. The predicted octanol–water partition coefficient (Wildman–Crippen LogP) is 1.24. The van der Waals surface area contributed by atoms with Crippen molar-refractivity contribution in [2.75, 3.05) is 11.5 Å². The summed E-state index contributed by atoms with van der Waals surface area (Å²) in [4.78, 5) is 0. The molecule has 1 saturated heterocycles. The van der Waals surface area contributed by atoms with Gasteiger partial charge in [-0.1, -0.05) is 13.8 Å². The molecular formula is C11H15N3O2S. The van der Waals surface area contributed by atoms with Crippen LogP contribution in [0.2, 0.25) is 0 Å². The van der Waals surface area contributed by atoms with Gasteiger partial charge in [0.25, 0.3) is 0 Å². The first-order chi connectivity index (χ1) is 7.93. The van der Waals surface area contributed by atoms with Crippen molar-refractivity contribution in [2.45, 2.75) is 32.2 Å². The maximum Gasteiger partial charge on any atom is 0.162 e. The lowest BCUT2D eigenvalue weighted by Crippen LogP contribution is -2.15. The van der Waals surface area contributed by atoms with Gasteiger partial charge in [0, 0.05) is 5.69 Å². The van der Waals surface area contributed by atoms with Crippen LogP contribution < -0.4 is 0 Å². The lowest BCUT2D eigenvalue weighted by Gasteiger charge is -2.14. The minimum Gasteiger partial charge on any atom is -0.264 e. The third-order valence-electron chi connectivity index (χ3n) is 3.02. The van der Waals surface area contributed by atoms with Crippen molar-refractivity contribution in [1.82, 2.24) is 9.78 Å². The largest absolute Gasteiger partial charge is 0.264 e. The maximum atomic E-state index is 11.5. The summed E-state index contributed by atoms with van der Waals surface area (Å²) >= 11 is 0. The average molecular weight is 253 g/mol. The Morgan fingerprint density at radius 2 is 2.29 bits per heavy atom. The second kappa shape index (κ2) is 4.15. The molecule has 0 amide bonds. The van der Waals surface area contributed by atoms with E-state index in [-0.39, 0.29) is 23.5 Å². The van der Waals surface area contributed by atoms with E-state index in [1.807, 2.05) is 19.9 Å². The highest BCUT2D eigenvalue weighted by molar-refractivity contribution is 7.91. The summed E-state index contributed by atoms with van der Waals surface area (Å²) in [6.07, 6.45) is 0.592. The lowest BCUT2D eigenvalue weighted by molar-refractivity contribution is 0.470. The summed E-state index contributed by atoms with van der Waals surface area (Å²) in [5.41, 5.74) is 1.29. The van der Waals surface area contributed by atoms with Gasteiger partial charge in [-0.25, -0.2) is 8.42 Å². The summed E-state index contributed by atoms with van der Waals surface area (Å²) in [7, 11) is -2.93. The zero-order valence-corrected chi connectivity index (χ0v) is 10.7. The minimum absolute atomic E-state index is 0.112.